The molecule has 1 aliphatic rings. The van der Waals surface area contributed by atoms with Gasteiger partial charge in [-0.15, -0.1) is 12.4 Å². The van der Waals surface area contributed by atoms with Crippen LogP contribution in [0.15, 0.2) is 12.1 Å². The lowest BCUT2D eigenvalue weighted by Gasteiger charge is -2.13. The molecule has 3 N–H and O–H groups in total. The van der Waals surface area contributed by atoms with Crippen LogP contribution in [-0.4, -0.2) is 18.6 Å². The normalized spacial score (nSPS) is 18.0. The number of carbonyl (C=O) groups excluding carboxylic acids is 1. The van der Waals surface area contributed by atoms with Gasteiger partial charge in [-0.05, 0) is 13.0 Å². The van der Waals surface area contributed by atoms with Gasteiger partial charge < -0.3 is 15.8 Å². The van der Waals surface area contributed by atoms with Crippen LogP contribution in [0.3, 0.4) is 0 Å². The van der Waals surface area contributed by atoms with E-state index in [9.17, 15) is 4.79 Å². The Kier molecular flexibility index (Phi) is 5.74. The van der Waals surface area contributed by atoms with Gasteiger partial charge in [-0.2, -0.15) is 0 Å². The van der Waals surface area contributed by atoms with Crippen LogP contribution in [0, 0.1) is 0 Å². The van der Waals surface area contributed by atoms with E-state index < -0.39 is 0 Å². The van der Waals surface area contributed by atoms with Gasteiger partial charge in [0.25, 0.3) is 0 Å². The number of benzene rings is 1. The average molecular weight is 326 g/mol. The summed E-state index contributed by atoms with van der Waals surface area (Å²) < 4.78 is 5.47. The van der Waals surface area contributed by atoms with Crippen molar-refractivity contribution in [2.24, 2.45) is 5.73 Å². The summed E-state index contributed by atoms with van der Waals surface area (Å²) in [7, 11) is 0. The molecule has 1 heterocycles. The Bertz CT molecular complexity index is 480. The van der Waals surface area contributed by atoms with E-state index in [1.54, 1.807) is 13.0 Å². The third-order valence-corrected chi connectivity index (χ3v) is 3.48. The quantitative estimate of drug-likeness (QED) is 0.898. The van der Waals surface area contributed by atoms with Gasteiger partial charge in [-0.1, -0.05) is 29.3 Å². The number of ether oxygens (including phenoxy) is 1. The zero-order valence-electron chi connectivity index (χ0n) is 10.3. The van der Waals surface area contributed by atoms with Gasteiger partial charge in [0.2, 0.25) is 5.91 Å². The molecule has 0 bridgehead atoms. The maximum absolute atomic E-state index is 11.7. The summed E-state index contributed by atoms with van der Waals surface area (Å²) in [4.78, 5) is 11.7. The molecule has 0 aliphatic carbocycles. The van der Waals surface area contributed by atoms with Gasteiger partial charge in [-0.25, -0.2) is 0 Å². The van der Waals surface area contributed by atoms with Crippen molar-refractivity contribution in [3.05, 3.63) is 27.7 Å². The topological polar surface area (TPSA) is 64.4 Å². The molecular weight excluding hydrogens is 311 g/mol. The van der Waals surface area contributed by atoms with E-state index in [4.69, 9.17) is 33.7 Å². The first kappa shape index (κ1) is 16.4. The number of rotatable bonds is 3. The van der Waals surface area contributed by atoms with Crippen molar-refractivity contribution in [3.63, 3.8) is 0 Å². The SMILES string of the molecule is CC(N)CC(=O)NC1COc2c1ccc(Cl)c2Cl.Cl. The Balaban J connectivity index is 0.00000180. The van der Waals surface area contributed by atoms with Gasteiger partial charge in [0.05, 0.1) is 11.1 Å². The number of halogens is 3. The van der Waals surface area contributed by atoms with E-state index in [1.165, 1.54) is 0 Å². The Labute approximate surface area is 128 Å². The number of carbonyl (C=O) groups is 1. The van der Waals surface area contributed by atoms with Crippen LogP contribution in [0.25, 0.3) is 0 Å². The third kappa shape index (κ3) is 3.66. The monoisotopic (exact) mass is 324 g/mol. The van der Waals surface area contributed by atoms with E-state index in [0.29, 0.717) is 22.4 Å². The summed E-state index contributed by atoms with van der Waals surface area (Å²) in [5.41, 5.74) is 6.43. The number of nitrogens with one attached hydrogen (secondary N) is 1. The smallest absolute Gasteiger partial charge is 0.222 e. The highest BCUT2D eigenvalue weighted by atomic mass is 35.5. The molecule has 0 saturated heterocycles. The predicted octanol–water partition coefficient (Wildman–Crippen LogP) is 2.70. The van der Waals surface area contributed by atoms with E-state index >= 15 is 0 Å². The van der Waals surface area contributed by atoms with Crippen molar-refractivity contribution in [1.29, 1.82) is 0 Å². The predicted molar refractivity (Wildman–Crippen MR) is 78.4 cm³/mol. The van der Waals surface area contributed by atoms with Crippen molar-refractivity contribution in [2.45, 2.75) is 25.4 Å². The fourth-order valence-electron chi connectivity index (χ4n) is 1.89. The summed E-state index contributed by atoms with van der Waals surface area (Å²) in [6.07, 6.45) is 0.285. The number of hydrogen-bond acceptors (Lipinski definition) is 3. The van der Waals surface area contributed by atoms with Crippen LogP contribution >= 0.6 is 35.6 Å². The molecule has 2 unspecified atom stereocenters. The lowest BCUT2D eigenvalue weighted by Crippen LogP contribution is -2.33. The van der Waals surface area contributed by atoms with Crippen LogP contribution in [0.1, 0.15) is 24.9 Å². The minimum Gasteiger partial charge on any atom is -0.489 e. The van der Waals surface area contributed by atoms with Crippen LogP contribution in [-0.2, 0) is 4.79 Å². The zero-order chi connectivity index (χ0) is 13.3. The first-order valence-electron chi connectivity index (χ1n) is 5.64. The second-order valence-corrected chi connectivity index (χ2v) is 5.18. The molecule has 1 aliphatic heterocycles. The average Bonchev–Trinajstić information content (AvgIpc) is 2.66. The second kappa shape index (κ2) is 6.66. The Morgan fingerprint density at radius 3 is 2.89 bits per heavy atom. The van der Waals surface area contributed by atoms with Gasteiger partial charge in [-0.3, -0.25) is 4.79 Å². The molecule has 1 aromatic rings. The van der Waals surface area contributed by atoms with Crippen molar-refractivity contribution in [2.75, 3.05) is 6.61 Å². The molecule has 0 aromatic heterocycles. The van der Waals surface area contributed by atoms with Crippen LogP contribution in [0.5, 0.6) is 5.75 Å². The first-order valence-corrected chi connectivity index (χ1v) is 6.40. The van der Waals surface area contributed by atoms with Crippen LogP contribution < -0.4 is 15.8 Å². The number of fused-ring (bicyclic) bond motifs is 1. The van der Waals surface area contributed by atoms with Gasteiger partial charge in [0, 0.05) is 18.0 Å². The van der Waals surface area contributed by atoms with Crippen molar-refractivity contribution in [1.82, 2.24) is 5.32 Å². The molecule has 1 aromatic carbocycles. The van der Waals surface area contributed by atoms with Crippen LogP contribution in [0.4, 0.5) is 0 Å². The number of nitrogens with two attached hydrogens (primary N) is 1. The highest BCUT2D eigenvalue weighted by molar-refractivity contribution is 6.43. The minimum atomic E-state index is -0.194. The number of hydrogen-bond donors (Lipinski definition) is 2. The third-order valence-electron chi connectivity index (χ3n) is 2.69. The van der Waals surface area contributed by atoms with Gasteiger partial charge in [0.15, 0.2) is 0 Å². The van der Waals surface area contributed by atoms with E-state index in [2.05, 4.69) is 5.32 Å². The zero-order valence-corrected chi connectivity index (χ0v) is 12.6. The fourth-order valence-corrected chi connectivity index (χ4v) is 2.27. The number of amides is 1. The summed E-state index contributed by atoms with van der Waals surface area (Å²) in [6, 6.07) is 3.15. The second-order valence-electron chi connectivity index (χ2n) is 4.39. The lowest BCUT2D eigenvalue weighted by molar-refractivity contribution is -0.122. The Hall–Kier alpha value is -0.680. The van der Waals surface area contributed by atoms with Crippen LogP contribution in [0.2, 0.25) is 10.0 Å². The maximum Gasteiger partial charge on any atom is 0.222 e. The molecule has 0 saturated carbocycles. The fraction of sp³-hybridized carbons (Fsp3) is 0.417. The molecule has 2 atom stereocenters. The molecule has 4 nitrogen and oxygen atoms in total. The molecule has 7 heteroatoms. The molecule has 1 amide bonds. The van der Waals surface area contributed by atoms with Gasteiger partial charge >= 0.3 is 0 Å². The van der Waals surface area contributed by atoms with Crippen molar-refractivity contribution >= 4 is 41.5 Å². The van der Waals surface area contributed by atoms with Crippen molar-refractivity contribution in [3.8, 4) is 5.75 Å². The molecular formula is C12H15Cl3N2O2. The Morgan fingerprint density at radius 2 is 2.26 bits per heavy atom. The van der Waals surface area contributed by atoms with E-state index in [0.717, 1.165) is 5.56 Å². The standard InChI is InChI=1S/C12H14Cl2N2O2.ClH/c1-6(15)4-10(17)16-9-5-18-12-7(9)2-3-8(13)11(12)14;/h2-3,6,9H,4-5,15H2,1H3,(H,16,17);1H. The molecule has 0 radical (unpaired) electrons. The highest BCUT2D eigenvalue weighted by Gasteiger charge is 2.28. The highest BCUT2D eigenvalue weighted by Crippen LogP contribution is 2.42. The summed E-state index contributed by atoms with van der Waals surface area (Å²) >= 11 is 11.9. The largest absolute Gasteiger partial charge is 0.489 e. The van der Waals surface area contributed by atoms with Crippen molar-refractivity contribution < 1.29 is 9.53 Å². The first-order chi connectivity index (χ1) is 8.49. The molecule has 0 fully saturated rings. The minimum absolute atomic E-state index is 0. The maximum atomic E-state index is 11.7. The summed E-state index contributed by atoms with van der Waals surface area (Å²) in [5.74, 6) is 0.452. The molecule has 2 rings (SSSR count). The summed E-state index contributed by atoms with van der Waals surface area (Å²) in [6.45, 7) is 2.15. The van der Waals surface area contributed by atoms with Gasteiger partial charge in [0.1, 0.15) is 17.4 Å². The molecule has 0 spiro atoms. The van der Waals surface area contributed by atoms with E-state index in [1.807, 2.05) is 6.07 Å². The Morgan fingerprint density at radius 1 is 1.58 bits per heavy atom. The molecule has 19 heavy (non-hydrogen) atoms. The lowest BCUT2D eigenvalue weighted by atomic mass is 10.1. The molecule has 106 valence electrons. The summed E-state index contributed by atoms with van der Waals surface area (Å²) in [5, 5.41) is 3.70. The van der Waals surface area contributed by atoms with E-state index in [-0.39, 0.29) is 36.8 Å².